The Kier molecular flexibility index (Phi) is 3.67. The van der Waals surface area contributed by atoms with E-state index in [1.54, 1.807) is 11.2 Å². The van der Waals surface area contributed by atoms with Crippen LogP contribution in [-0.4, -0.2) is 68.8 Å². The molecule has 1 N–H and O–H groups in total. The molecule has 7 nitrogen and oxygen atoms in total. The summed E-state index contributed by atoms with van der Waals surface area (Å²) in [7, 11) is 0. The predicted octanol–water partition coefficient (Wildman–Crippen LogP) is 0.440. The number of imidazole rings is 1. The third-order valence-corrected chi connectivity index (χ3v) is 4.46. The largest absolute Gasteiger partial charge is 0.347 e. The Bertz CT molecular complexity index is 513. The molecule has 1 unspecified atom stereocenters. The summed E-state index contributed by atoms with van der Waals surface area (Å²) >= 11 is 0. The minimum absolute atomic E-state index is 0.0826. The lowest BCUT2D eigenvalue weighted by Gasteiger charge is -2.25. The molecule has 0 bridgehead atoms. The van der Waals surface area contributed by atoms with E-state index in [4.69, 9.17) is 0 Å². The van der Waals surface area contributed by atoms with Crippen molar-refractivity contribution in [2.75, 3.05) is 26.2 Å². The summed E-state index contributed by atoms with van der Waals surface area (Å²) < 4.78 is 0. The van der Waals surface area contributed by atoms with Crippen molar-refractivity contribution in [3.63, 3.8) is 0 Å². The van der Waals surface area contributed by atoms with E-state index in [1.807, 2.05) is 0 Å². The highest BCUT2D eigenvalue weighted by atomic mass is 16.2. The summed E-state index contributed by atoms with van der Waals surface area (Å²) in [4.78, 5) is 37.5. The lowest BCUT2D eigenvalue weighted by molar-refractivity contribution is -0.128. The Morgan fingerprint density at radius 2 is 2.14 bits per heavy atom. The number of carbonyl (C=O) groups excluding carboxylic acids is 2. The van der Waals surface area contributed by atoms with E-state index < -0.39 is 0 Å². The van der Waals surface area contributed by atoms with Gasteiger partial charge in [-0.1, -0.05) is 13.8 Å². The van der Waals surface area contributed by atoms with Gasteiger partial charge in [-0.05, 0) is 13.1 Å². The number of imide groups is 1. The fourth-order valence-electron chi connectivity index (χ4n) is 3.07. The highest BCUT2D eigenvalue weighted by Gasteiger charge is 2.47. The van der Waals surface area contributed by atoms with Crippen molar-refractivity contribution in [3.05, 3.63) is 17.7 Å². The van der Waals surface area contributed by atoms with Gasteiger partial charge >= 0.3 is 6.03 Å². The number of nitrogens with zero attached hydrogens (tertiary/aromatic N) is 4. The molecule has 2 aliphatic rings. The zero-order chi connectivity index (χ0) is 15.0. The van der Waals surface area contributed by atoms with Gasteiger partial charge in [0.25, 0.3) is 5.91 Å². The van der Waals surface area contributed by atoms with Crippen molar-refractivity contribution in [1.82, 2.24) is 24.7 Å². The molecular formula is C14H21N5O2. The van der Waals surface area contributed by atoms with E-state index in [2.05, 4.69) is 28.7 Å². The van der Waals surface area contributed by atoms with Crippen LogP contribution in [0.3, 0.4) is 0 Å². The van der Waals surface area contributed by atoms with Gasteiger partial charge in [0.1, 0.15) is 6.04 Å². The molecule has 1 aromatic rings. The zero-order valence-electron chi connectivity index (χ0n) is 12.5. The molecule has 3 amide bonds. The minimum atomic E-state index is -0.370. The summed E-state index contributed by atoms with van der Waals surface area (Å²) in [6.45, 7) is 7.66. The predicted molar refractivity (Wildman–Crippen MR) is 76.5 cm³/mol. The second kappa shape index (κ2) is 5.48. The van der Waals surface area contributed by atoms with Gasteiger partial charge in [-0.2, -0.15) is 0 Å². The van der Waals surface area contributed by atoms with E-state index in [9.17, 15) is 9.59 Å². The molecule has 1 fully saturated rings. The number of aromatic amines is 1. The van der Waals surface area contributed by atoms with Crippen LogP contribution in [0.1, 0.15) is 25.2 Å². The van der Waals surface area contributed by atoms with Gasteiger partial charge in [-0.3, -0.25) is 9.69 Å². The third-order valence-electron chi connectivity index (χ3n) is 4.46. The average molecular weight is 291 g/mol. The molecule has 1 atom stereocenters. The second-order valence-electron chi connectivity index (χ2n) is 5.47. The standard InChI is InChI=1S/C14H21N5O2/c1-3-17(4-2)5-6-18-13(20)12-7-10-11(16-9-15-10)8-19(12)14(18)21/h9,12H,3-8H2,1-2H3,(H,15,16). The lowest BCUT2D eigenvalue weighted by Crippen LogP contribution is -2.40. The first kappa shape index (κ1) is 14.1. The van der Waals surface area contributed by atoms with E-state index in [0.29, 0.717) is 19.5 Å². The fraction of sp³-hybridized carbons (Fsp3) is 0.643. The van der Waals surface area contributed by atoms with Gasteiger partial charge in [-0.25, -0.2) is 9.78 Å². The van der Waals surface area contributed by atoms with Crippen molar-refractivity contribution >= 4 is 11.9 Å². The molecule has 0 radical (unpaired) electrons. The number of rotatable bonds is 5. The van der Waals surface area contributed by atoms with Crippen LogP contribution in [0, 0.1) is 0 Å². The molecule has 7 heteroatoms. The SMILES string of the molecule is CCN(CC)CCN1C(=O)C2Cc3nc[nH]c3CN2C1=O. The number of nitrogens with one attached hydrogen (secondary N) is 1. The molecule has 1 saturated heterocycles. The van der Waals surface area contributed by atoms with Crippen molar-refractivity contribution < 1.29 is 9.59 Å². The maximum absolute atomic E-state index is 12.5. The first-order valence-corrected chi connectivity index (χ1v) is 7.51. The van der Waals surface area contributed by atoms with Gasteiger partial charge in [-0.15, -0.1) is 0 Å². The minimum Gasteiger partial charge on any atom is -0.347 e. The van der Waals surface area contributed by atoms with Gasteiger partial charge in [0.2, 0.25) is 0 Å². The number of aromatic nitrogens is 2. The third kappa shape index (κ3) is 2.31. The molecule has 2 aliphatic heterocycles. The van der Waals surface area contributed by atoms with Gasteiger partial charge in [0, 0.05) is 19.5 Å². The summed E-state index contributed by atoms with van der Waals surface area (Å²) in [5.41, 5.74) is 1.85. The quantitative estimate of drug-likeness (QED) is 0.799. The lowest BCUT2D eigenvalue weighted by atomic mass is 10.0. The number of carbonyl (C=O) groups is 2. The maximum Gasteiger partial charge on any atom is 0.327 e. The Morgan fingerprint density at radius 1 is 1.38 bits per heavy atom. The maximum atomic E-state index is 12.5. The molecule has 0 saturated carbocycles. The molecule has 0 aromatic carbocycles. The van der Waals surface area contributed by atoms with E-state index >= 15 is 0 Å². The molecular weight excluding hydrogens is 270 g/mol. The molecule has 114 valence electrons. The second-order valence-corrected chi connectivity index (χ2v) is 5.47. The van der Waals surface area contributed by atoms with Crippen LogP contribution in [0.2, 0.25) is 0 Å². The molecule has 0 spiro atoms. The average Bonchev–Trinajstić information content (AvgIpc) is 3.04. The van der Waals surface area contributed by atoms with E-state index in [-0.39, 0.29) is 18.0 Å². The van der Waals surface area contributed by atoms with Crippen molar-refractivity contribution in [2.24, 2.45) is 0 Å². The molecule has 21 heavy (non-hydrogen) atoms. The van der Waals surface area contributed by atoms with Crippen LogP contribution < -0.4 is 0 Å². The summed E-state index contributed by atoms with van der Waals surface area (Å²) in [5.74, 6) is -0.0826. The number of hydrogen-bond acceptors (Lipinski definition) is 4. The number of likely N-dealkylation sites (N-methyl/N-ethyl adjacent to an activating group) is 1. The van der Waals surface area contributed by atoms with Crippen molar-refractivity contribution in [1.29, 1.82) is 0 Å². The normalized spacial score (nSPS) is 21.2. The highest BCUT2D eigenvalue weighted by molar-refractivity contribution is 6.04. The zero-order valence-corrected chi connectivity index (χ0v) is 12.5. The summed E-state index contributed by atoms with van der Waals surface area (Å²) in [5, 5.41) is 0. The Morgan fingerprint density at radius 3 is 2.86 bits per heavy atom. The van der Waals surface area contributed by atoms with Gasteiger partial charge < -0.3 is 14.8 Å². The fourth-order valence-corrected chi connectivity index (χ4v) is 3.07. The summed E-state index contributed by atoms with van der Waals surface area (Å²) in [6.07, 6.45) is 2.14. The van der Waals surface area contributed by atoms with E-state index in [1.165, 1.54) is 4.90 Å². The number of H-pyrrole nitrogens is 1. The molecule has 1 aromatic heterocycles. The van der Waals surface area contributed by atoms with Crippen LogP contribution >= 0.6 is 0 Å². The Labute approximate surface area is 123 Å². The molecule has 0 aliphatic carbocycles. The number of hydrogen-bond donors (Lipinski definition) is 1. The molecule has 3 heterocycles. The Hall–Kier alpha value is -1.89. The summed E-state index contributed by atoms with van der Waals surface area (Å²) in [6, 6.07) is -0.539. The molecule has 3 rings (SSSR count). The van der Waals surface area contributed by atoms with Crippen LogP contribution in [0.4, 0.5) is 4.79 Å². The van der Waals surface area contributed by atoms with Crippen LogP contribution in [0.25, 0.3) is 0 Å². The van der Waals surface area contributed by atoms with Crippen molar-refractivity contribution in [2.45, 2.75) is 32.9 Å². The topological polar surface area (TPSA) is 72.5 Å². The number of amides is 3. The first-order chi connectivity index (χ1) is 10.2. The van der Waals surface area contributed by atoms with Crippen LogP contribution in [0.5, 0.6) is 0 Å². The van der Waals surface area contributed by atoms with E-state index in [0.717, 1.165) is 31.0 Å². The highest BCUT2D eigenvalue weighted by Crippen LogP contribution is 2.28. The first-order valence-electron chi connectivity index (χ1n) is 7.51. The monoisotopic (exact) mass is 291 g/mol. The van der Waals surface area contributed by atoms with Gasteiger partial charge in [0.05, 0.1) is 24.3 Å². The number of urea groups is 1. The Balaban J connectivity index is 1.71. The van der Waals surface area contributed by atoms with Gasteiger partial charge in [0.15, 0.2) is 0 Å². The smallest absolute Gasteiger partial charge is 0.327 e. The number of fused-ring (bicyclic) bond motifs is 2. The van der Waals surface area contributed by atoms with Crippen molar-refractivity contribution in [3.8, 4) is 0 Å². The van der Waals surface area contributed by atoms with Crippen LogP contribution in [0.15, 0.2) is 6.33 Å². The van der Waals surface area contributed by atoms with Crippen LogP contribution in [-0.2, 0) is 17.8 Å².